The number of benzene rings is 1. The highest BCUT2D eigenvalue weighted by Crippen LogP contribution is 2.31. The maximum Gasteiger partial charge on any atom is 0.119 e. The molecule has 2 rings (SSSR count). The number of nitrogen functional groups attached to an aromatic ring is 1. The average Bonchev–Trinajstić information content (AvgIpc) is 2.24. The van der Waals surface area contributed by atoms with E-state index in [-0.39, 0.29) is 0 Å². The molecule has 15 heavy (non-hydrogen) atoms. The molecule has 2 aromatic rings. The topological polar surface area (TPSA) is 51.8 Å². The minimum absolute atomic E-state index is 0.736. The van der Waals surface area contributed by atoms with Crippen LogP contribution in [0.1, 0.15) is 0 Å². The smallest absolute Gasteiger partial charge is 0.119 e. The zero-order valence-corrected chi connectivity index (χ0v) is 10.1. The number of halogens is 1. The van der Waals surface area contributed by atoms with Crippen LogP contribution in [0, 0.1) is 0 Å². The third-order valence-corrected chi connectivity index (χ3v) is 3.23. The van der Waals surface area contributed by atoms with Crippen molar-refractivity contribution in [3.63, 3.8) is 0 Å². The van der Waals surface area contributed by atoms with Crippen LogP contribution in [0.4, 0.5) is 5.69 Å². The molecular weight excluding hydrogens is 274 g/mol. The lowest BCUT2D eigenvalue weighted by Crippen LogP contribution is -1.89. The molecular formula is C10H8BrN3S. The van der Waals surface area contributed by atoms with Gasteiger partial charge in [-0.1, -0.05) is 27.7 Å². The normalized spacial score (nSPS) is 10.2. The van der Waals surface area contributed by atoms with Gasteiger partial charge in [0.05, 0.1) is 6.20 Å². The summed E-state index contributed by atoms with van der Waals surface area (Å²) in [6.07, 6.45) is 5.03. The number of rotatable bonds is 2. The Morgan fingerprint density at radius 3 is 2.80 bits per heavy atom. The maximum absolute atomic E-state index is 5.87. The molecule has 5 heteroatoms. The highest BCUT2D eigenvalue weighted by atomic mass is 79.9. The monoisotopic (exact) mass is 281 g/mol. The second-order valence-electron chi connectivity index (χ2n) is 2.83. The molecule has 1 heterocycles. The van der Waals surface area contributed by atoms with Gasteiger partial charge in [-0.3, -0.25) is 4.98 Å². The zero-order valence-electron chi connectivity index (χ0n) is 7.72. The van der Waals surface area contributed by atoms with Crippen LogP contribution in [-0.4, -0.2) is 9.97 Å². The highest BCUT2D eigenvalue weighted by molar-refractivity contribution is 9.10. The Hall–Kier alpha value is -1.07. The Balaban J connectivity index is 2.25. The molecule has 0 atom stereocenters. The third kappa shape index (κ3) is 2.70. The van der Waals surface area contributed by atoms with Crippen LogP contribution in [-0.2, 0) is 0 Å². The second-order valence-corrected chi connectivity index (χ2v) is 4.81. The van der Waals surface area contributed by atoms with Crippen LogP contribution >= 0.6 is 27.7 Å². The van der Waals surface area contributed by atoms with Crippen LogP contribution in [0.2, 0.25) is 0 Å². The van der Waals surface area contributed by atoms with Gasteiger partial charge in [0.15, 0.2) is 0 Å². The van der Waals surface area contributed by atoms with E-state index in [2.05, 4.69) is 25.9 Å². The van der Waals surface area contributed by atoms with Crippen LogP contribution in [0.15, 0.2) is 51.2 Å². The maximum atomic E-state index is 5.87. The van der Waals surface area contributed by atoms with Crippen LogP contribution in [0.5, 0.6) is 0 Å². The van der Waals surface area contributed by atoms with Gasteiger partial charge in [0.25, 0.3) is 0 Å². The molecule has 0 spiro atoms. The molecule has 0 amide bonds. The first-order valence-corrected chi connectivity index (χ1v) is 5.85. The highest BCUT2D eigenvalue weighted by Gasteiger charge is 2.02. The number of nitrogens with zero attached hydrogens (tertiary/aromatic N) is 2. The van der Waals surface area contributed by atoms with Crippen molar-refractivity contribution in [2.45, 2.75) is 9.92 Å². The fourth-order valence-corrected chi connectivity index (χ4v) is 2.21. The molecule has 0 radical (unpaired) electrons. The summed E-state index contributed by atoms with van der Waals surface area (Å²) in [5.41, 5.74) is 6.61. The Kier molecular flexibility index (Phi) is 3.23. The largest absolute Gasteiger partial charge is 0.398 e. The molecule has 0 unspecified atom stereocenters. The van der Waals surface area contributed by atoms with E-state index < -0.39 is 0 Å². The van der Waals surface area contributed by atoms with Crippen molar-refractivity contribution in [3.05, 3.63) is 41.3 Å². The van der Waals surface area contributed by atoms with Crippen LogP contribution < -0.4 is 5.73 Å². The molecule has 0 bridgehead atoms. The van der Waals surface area contributed by atoms with E-state index in [1.54, 1.807) is 18.6 Å². The van der Waals surface area contributed by atoms with Gasteiger partial charge in [-0.15, -0.1) is 0 Å². The lowest BCUT2D eigenvalue weighted by atomic mass is 10.3. The van der Waals surface area contributed by atoms with Crippen molar-refractivity contribution in [2.24, 2.45) is 0 Å². The van der Waals surface area contributed by atoms with Gasteiger partial charge in [-0.05, 0) is 18.2 Å². The van der Waals surface area contributed by atoms with Crippen molar-refractivity contribution in [1.82, 2.24) is 9.97 Å². The van der Waals surface area contributed by atoms with E-state index in [4.69, 9.17) is 5.73 Å². The summed E-state index contributed by atoms with van der Waals surface area (Å²) in [6, 6.07) is 5.78. The first kappa shape index (κ1) is 10.4. The van der Waals surface area contributed by atoms with Crippen molar-refractivity contribution >= 4 is 33.4 Å². The van der Waals surface area contributed by atoms with Gasteiger partial charge in [0.2, 0.25) is 0 Å². The second kappa shape index (κ2) is 4.63. The summed E-state index contributed by atoms with van der Waals surface area (Å²) in [4.78, 5) is 9.15. The van der Waals surface area contributed by atoms with Crippen molar-refractivity contribution in [2.75, 3.05) is 5.73 Å². The predicted octanol–water partition coefficient (Wildman–Crippen LogP) is 2.97. The Morgan fingerprint density at radius 1 is 1.27 bits per heavy atom. The van der Waals surface area contributed by atoms with Crippen LogP contribution in [0.25, 0.3) is 0 Å². The third-order valence-electron chi connectivity index (χ3n) is 1.73. The Bertz CT molecular complexity index is 461. The Labute approximate surface area is 100 Å². The molecule has 0 saturated heterocycles. The molecule has 76 valence electrons. The zero-order chi connectivity index (χ0) is 10.7. The molecule has 1 aromatic heterocycles. The minimum Gasteiger partial charge on any atom is -0.398 e. The van der Waals surface area contributed by atoms with E-state index in [0.717, 1.165) is 20.1 Å². The van der Waals surface area contributed by atoms with Crippen molar-refractivity contribution in [3.8, 4) is 0 Å². The first-order valence-electron chi connectivity index (χ1n) is 4.24. The molecule has 0 aliphatic heterocycles. The van der Waals surface area contributed by atoms with Gasteiger partial charge >= 0.3 is 0 Å². The summed E-state index contributed by atoms with van der Waals surface area (Å²) in [6.45, 7) is 0. The van der Waals surface area contributed by atoms with E-state index >= 15 is 0 Å². The lowest BCUT2D eigenvalue weighted by molar-refractivity contribution is 1.05. The molecule has 0 saturated carbocycles. The van der Waals surface area contributed by atoms with Crippen LogP contribution in [0.3, 0.4) is 0 Å². The fraction of sp³-hybridized carbons (Fsp3) is 0. The van der Waals surface area contributed by atoms with Gasteiger partial charge < -0.3 is 5.73 Å². The molecule has 3 nitrogen and oxygen atoms in total. The number of anilines is 1. The van der Waals surface area contributed by atoms with Gasteiger partial charge in [0.1, 0.15) is 5.03 Å². The first-order chi connectivity index (χ1) is 7.25. The van der Waals surface area contributed by atoms with Gasteiger partial charge in [-0.2, -0.15) is 0 Å². The standard InChI is InChI=1S/C10H8BrN3S/c11-7-1-2-9(8(12)5-7)15-10-6-13-3-4-14-10/h1-6H,12H2. The number of hydrogen-bond donors (Lipinski definition) is 1. The summed E-state index contributed by atoms with van der Waals surface area (Å²) < 4.78 is 0.975. The van der Waals surface area contributed by atoms with Gasteiger partial charge in [-0.25, -0.2) is 4.98 Å². The van der Waals surface area contributed by atoms with Crippen molar-refractivity contribution in [1.29, 1.82) is 0 Å². The molecule has 0 fully saturated rings. The molecule has 2 N–H and O–H groups in total. The molecule has 0 aliphatic rings. The number of hydrogen-bond acceptors (Lipinski definition) is 4. The molecule has 1 aromatic carbocycles. The molecule has 0 aliphatic carbocycles. The summed E-state index contributed by atoms with van der Waals surface area (Å²) in [5, 5.41) is 0.839. The minimum atomic E-state index is 0.736. The predicted molar refractivity (Wildman–Crippen MR) is 64.7 cm³/mol. The fourth-order valence-electron chi connectivity index (χ4n) is 1.06. The number of aromatic nitrogens is 2. The summed E-state index contributed by atoms with van der Waals surface area (Å²) in [5.74, 6) is 0. The lowest BCUT2D eigenvalue weighted by Gasteiger charge is -2.04. The van der Waals surface area contributed by atoms with E-state index in [0.29, 0.717) is 0 Å². The Morgan fingerprint density at radius 2 is 2.13 bits per heavy atom. The van der Waals surface area contributed by atoms with Gasteiger partial charge in [0, 0.05) is 27.4 Å². The van der Waals surface area contributed by atoms with E-state index in [9.17, 15) is 0 Å². The summed E-state index contributed by atoms with van der Waals surface area (Å²) in [7, 11) is 0. The quantitative estimate of drug-likeness (QED) is 0.860. The van der Waals surface area contributed by atoms with E-state index in [1.165, 1.54) is 11.8 Å². The SMILES string of the molecule is Nc1cc(Br)ccc1Sc1cnccn1. The van der Waals surface area contributed by atoms with Crippen molar-refractivity contribution < 1.29 is 0 Å². The summed E-state index contributed by atoms with van der Waals surface area (Å²) >= 11 is 4.87. The average molecular weight is 282 g/mol. The number of nitrogens with two attached hydrogens (primary N) is 1. The van der Waals surface area contributed by atoms with E-state index in [1.807, 2.05) is 18.2 Å².